The van der Waals surface area contributed by atoms with E-state index < -0.39 is 0 Å². The minimum absolute atomic E-state index is 0.174. The molecule has 5 heteroatoms. The molecule has 112 valence electrons. The van der Waals surface area contributed by atoms with Gasteiger partial charge < -0.3 is 14.8 Å². The highest BCUT2D eigenvalue weighted by Crippen LogP contribution is 2.09. The van der Waals surface area contributed by atoms with E-state index in [9.17, 15) is 4.79 Å². The molecule has 0 radical (unpaired) electrons. The fraction of sp³-hybridized carbons (Fsp3) is 0.929. The van der Waals surface area contributed by atoms with E-state index in [1.807, 2.05) is 0 Å². The summed E-state index contributed by atoms with van der Waals surface area (Å²) in [5.41, 5.74) is 0. The largest absolute Gasteiger partial charge is 0.468 e. The number of carbonyl (C=O) groups excluding carboxylic acids is 1. The van der Waals surface area contributed by atoms with Crippen LogP contribution in [0.2, 0.25) is 0 Å². The third-order valence-corrected chi connectivity index (χ3v) is 3.46. The molecule has 0 aromatic carbocycles. The highest BCUT2D eigenvalue weighted by molar-refractivity contribution is 5.75. The SMILES string of the molecule is CCCNC(CN1CCCOC(CC)C1)C(=O)OC. The van der Waals surface area contributed by atoms with Gasteiger partial charge in [-0.05, 0) is 25.8 Å². The summed E-state index contributed by atoms with van der Waals surface area (Å²) in [5, 5.41) is 3.26. The van der Waals surface area contributed by atoms with Crippen molar-refractivity contribution in [1.29, 1.82) is 0 Å². The Kier molecular flexibility index (Phi) is 8.02. The van der Waals surface area contributed by atoms with Crippen LogP contribution in [0.1, 0.15) is 33.1 Å². The van der Waals surface area contributed by atoms with Crippen molar-refractivity contribution in [3.8, 4) is 0 Å². The van der Waals surface area contributed by atoms with E-state index in [2.05, 4.69) is 24.1 Å². The summed E-state index contributed by atoms with van der Waals surface area (Å²) >= 11 is 0. The second-order valence-electron chi connectivity index (χ2n) is 5.04. The average Bonchev–Trinajstić information content (AvgIpc) is 2.67. The van der Waals surface area contributed by atoms with E-state index in [-0.39, 0.29) is 18.1 Å². The lowest BCUT2D eigenvalue weighted by molar-refractivity contribution is -0.143. The third-order valence-electron chi connectivity index (χ3n) is 3.46. The number of hydrogen-bond donors (Lipinski definition) is 1. The van der Waals surface area contributed by atoms with Crippen molar-refractivity contribution in [2.45, 2.75) is 45.3 Å². The summed E-state index contributed by atoms with van der Waals surface area (Å²) in [7, 11) is 1.45. The molecule has 1 fully saturated rings. The Labute approximate surface area is 116 Å². The maximum absolute atomic E-state index is 11.8. The zero-order valence-corrected chi connectivity index (χ0v) is 12.5. The molecule has 1 saturated heterocycles. The average molecular weight is 272 g/mol. The molecule has 1 rings (SSSR count). The van der Waals surface area contributed by atoms with Crippen LogP contribution in [-0.4, -0.2) is 62.9 Å². The lowest BCUT2D eigenvalue weighted by Gasteiger charge is -2.27. The lowest BCUT2D eigenvalue weighted by atomic mass is 10.2. The van der Waals surface area contributed by atoms with Gasteiger partial charge in [0.1, 0.15) is 6.04 Å². The summed E-state index contributed by atoms with van der Waals surface area (Å²) < 4.78 is 10.6. The van der Waals surface area contributed by atoms with Gasteiger partial charge in [-0.1, -0.05) is 13.8 Å². The molecule has 0 bridgehead atoms. The van der Waals surface area contributed by atoms with E-state index in [1.54, 1.807) is 0 Å². The molecule has 1 aliphatic rings. The Balaban J connectivity index is 2.52. The summed E-state index contributed by atoms with van der Waals surface area (Å²) in [5.74, 6) is -0.174. The Hall–Kier alpha value is -0.650. The van der Waals surface area contributed by atoms with Gasteiger partial charge >= 0.3 is 5.97 Å². The van der Waals surface area contributed by atoms with Crippen LogP contribution in [0.5, 0.6) is 0 Å². The number of ether oxygens (including phenoxy) is 2. The maximum Gasteiger partial charge on any atom is 0.324 e. The Morgan fingerprint density at radius 3 is 2.95 bits per heavy atom. The molecule has 19 heavy (non-hydrogen) atoms. The second kappa shape index (κ2) is 9.28. The van der Waals surface area contributed by atoms with Crippen molar-refractivity contribution >= 4 is 5.97 Å². The van der Waals surface area contributed by atoms with Gasteiger partial charge in [-0.2, -0.15) is 0 Å². The standard InChI is InChI=1S/C14H28N2O3/c1-4-7-15-13(14(17)18-3)11-16-8-6-9-19-12(5-2)10-16/h12-13,15H,4-11H2,1-3H3. The predicted octanol–water partition coefficient (Wildman–Crippen LogP) is 1.03. The van der Waals surface area contributed by atoms with Crippen LogP contribution in [0.3, 0.4) is 0 Å². The summed E-state index contributed by atoms with van der Waals surface area (Å²) in [6.45, 7) is 8.47. The first kappa shape index (κ1) is 16.4. The fourth-order valence-corrected chi connectivity index (χ4v) is 2.32. The molecule has 0 aromatic rings. The first-order valence-electron chi connectivity index (χ1n) is 7.36. The van der Waals surface area contributed by atoms with Crippen LogP contribution in [0.15, 0.2) is 0 Å². The molecule has 0 amide bonds. The zero-order valence-electron chi connectivity index (χ0n) is 12.5. The molecule has 0 saturated carbocycles. The predicted molar refractivity (Wildman–Crippen MR) is 75.2 cm³/mol. The zero-order chi connectivity index (χ0) is 14.1. The number of nitrogens with zero attached hydrogens (tertiary/aromatic N) is 1. The summed E-state index contributed by atoms with van der Waals surface area (Å²) in [6, 6.07) is -0.236. The molecule has 0 aromatic heterocycles. The monoisotopic (exact) mass is 272 g/mol. The highest BCUT2D eigenvalue weighted by atomic mass is 16.5. The third kappa shape index (κ3) is 5.89. The first-order chi connectivity index (χ1) is 9.21. The fourth-order valence-electron chi connectivity index (χ4n) is 2.32. The van der Waals surface area contributed by atoms with Crippen molar-refractivity contribution in [3.63, 3.8) is 0 Å². The van der Waals surface area contributed by atoms with Crippen molar-refractivity contribution < 1.29 is 14.3 Å². The normalized spacial score (nSPS) is 22.8. The van der Waals surface area contributed by atoms with Gasteiger partial charge in [0.2, 0.25) is 0 Å². The maximum atomic E-state index is 11.8. The van der Waals surface area contributed by atoms with Crippen molar-refractivity contribution in [3.05, 3.63) is 0 Å². The molecule has 5 nitrogen and oxygen atoms in total. The summed E-state index contributed by atoms with van der Waals surface area (Å²) in [4.78, 5) is 14.1. The molecule has 1 N–H and O–H groups in total. The molecule has 0 spiro atoms. The van der Waals surface area contributed by atoms with E-state index in [0.29, 0.717) is 6.54 Å². The number of carbonyl (C=O) groups is 1. The Morgan fingerprint density at radius 2 is 2.32 bits per heavy atom. The van der Waals surface area contributed by atoms with Crippen molar-refractivity contribution in [2.75, 3.05) is 39.9 Å². The Morgan fingerprint density at radius 1 is 1.53 bits per heavy atom. The number of rotatable bonds is 7. The first-order valence-corrected chi connectivity index (χ1v) is 7.36. The second-order valence-corrected chi connectivity index (χ2v) is 5.04. The van der Waals surface area contributed by atoms with Crippen LogP contribution in [0.4, 0.5) is 0 Å². The van der Waals surface area contributed by atoms with E-state index in [4.69, 9.17) is 9.47 Å². The van der Waals surface area contributed by atoms with Gasteiger partial charge in [0.25, 0.3) is 0 Å². The number of esters is 1. The van der Waals surface area contributed by atoms with Gasteiger partial charge in [-0.3, -0.25) is 9.69 Å². The van der Waals surface area contributed by atoms with Crippen LogP contribution in [0, 0.1) is 0 Å². The van der Waals surface area contributed by atoms with Crippen LogP contribution >= 0.6 is 0 Å². The Bertz CT molecular complexity index is 261. The molecular weight excluding hydrogens is 244 g/mol. The minimum atomic E-state index is -0.236. The molecule has 2 unspecified atom stereocenters. The molecule has 1 aliphatic heterocycles. The smallest absolute Gasteiger partial charge is 0.324 e. The van der Waals surface area contributed by atoms with E-state index in [1.165, 1.54) is 7.11 Å². The van der Waals surface area contributed by atoms with Crippen molar-refractivity contribution in [2.24, 2.45) is 0 Å². The topological polar surface area (TPSA) is 50.8 Å². The number of nitrogens with one attached hydrogen (secondary N) is 1. The molecule has 2 atom stereocenters. The van der Waals surface area contributed by atoms with Gasteiger partial charge in [-0.25, -0.2) is 0 Å². The van der Waals surface area contributed by atoms with E-state index >= 15 is 0 Å². The van der Waals surface area contributed by atoms with Crippen LogP contribution in [-0.2, 0) is 14.3 Å². The van der Waals surface area contributed by atoms with Gasteiger partial charge in [0.05, 0.1) is 13.2 Å². The van der Waals surface area contributed by atoms with E-state index in [0.717, 1.165) is 45.5 Å². The highest BCUT2D eigenvalue weighted by Gasteiger charge is 2.24. The van der Waals surface area contributed by atoms with Gasteiger partial charge in [-0.15, -0.1) is 0 Å². The quantitative estimate of drug-likeness (QED) is 0.702. The number of hydrogen-bond acceptors (Lipinski definition) is 5. The lowest BCUT2D eigenvalue weighted by Crippen LogP contribution is -2.48. The van der Waals surface area contributed by atoms with Gasteiger partial charge in [0.15, 0.2) is 0 Å². The minimum Gasteiger partial charge on any atom is -0.468 e. The molecule has 1 heterocycles. The van der Waals surface area contributed by atoms with Crippen LogP contribution < -0.4 is 5.32 Å². The van der Waals surface area contributed by atoms with Gasteiger partial charge in [0, 0.05) is 26.2 Å². The number of methoxy groups -OCH3 is 1. The van der Waals surface area contributed by atoms with Crippen LogP contribution in [0.25, 0.3) is 0 Å². The molecule has 0 aliphatic carbocycles. The molecular formula is C14H28N2O3. The summed E-state index contributed by atoms with van der Waals surface area (Å²) in [6.07, 6.45) is 3.33. The van der Waals surface area contributed by atoms with Crippen molar-refractivity contribution in [1.82, 2.24) is 10.2 Å².